The van der Waals surface area contributed by atoms with Crippen LogP contribution in [0.15, 0.2) is 97.2 Å². The third-order valence-electron chi connectivity index (χ3n) is 12.3. The van der Waals surface area contributed by atoms with Gasteiger partial charge in [-0.3, -0.25) is 9.36 Å². The molecule has 70 heavy (non-hydrogen) atoms. The summed E-state index contributed by atoms with van der Waals surface area (Å²) in [5.41, 5.74) is 0. The highest BCUT2D eigenvalue weighted by Crippen LogP contribution is 2.38. The molecule has 0 aromatic rings. The number of nitrogens with one attached hydrogen (secondary N) is 1. The van der Waals surface area contributed by atoms with Crippen LogP contribution in [0.2, 0.25) is 0 Å². The number of carbonyl (C=O) groups is 1. The van der Waals surface area contributed by atoms with E-state index < -0.39 is 26.6 Å². The molecule has 0 fully saturated rings. The highest BCUT2D eigenvalue weighted by Gasteiger charge is 2.23. The second-order valence-electron chi connectivity index (χ2n) is 20.3. The van der Waals surface area contributed by atoms with Crippen molar-refractivity contribution in [2.75, 3.05) is 40.9 Å². The van der Waals surface area contributed by atoms with Crippen LogP contribution in [0.4, 0.5) is 0 Å². The Balaban J connectivity index is 4.14. The normalized spacial score (nSPS) is 14.7. The molecule has 0 radical (unpaired) electrons. The number of quaternary nitrogens is 1. The molecule has 0 aliphatic rings. The maximum Gasteiger partial charge on any atom is 0.268 e. The van der Waals surface area contributed by atoms with Crippen LogP contribution >= 0.6 is 7.82 Å². The number of phosphoric ester groups is 1. The van der Waals surface area contributed by atoms with E-state index in [0.29, 0.717) is 17.4 Å². The summed E-state index contributed by atoms with van der Waals surface area (Å²) < 4.78 is 23.3. The van der Waals surface area contributed by atoms with Gasteiger partial charge in [-0.15, -0.1) is 0 Å². The van der Waals surface area contributed by atoms with Gasteiger partial charge >= 0.3 is 0 Å². The number of phosphoric acid groups is 1. The summed E-state index contributed by atoms with van der Waals surface area (Å²) in [5.74, 6) is -0.211. The van der Waals surface area contributed by atoms with Gasteiger partial charge in [0, 0.05) is 6.42 Å². The molecular formula is C61H109N2O6P. The van der Waals surface area contributed by atoms with E-state index in [1.165, 1.54) is 135 Å². The summed E-state index contributed by atoms with van der Waals surface area (Å²) in [6.45, 7) is 4.51. The molecule has 404 valence electrons. The predicted molar refractivity (Wildman–Crippen MR) is 302 cm³/mol. The van der Waals surface area contributed by atoms with Crippen molar-refractivity contribution in [3.8, 4) is 0 Å². The Labute approximate surface area is 432 Å². The van der Waals surface area contributed by atoms with Crippen molar-refractivity contribution in [2.45, 2.75) is 244 Å². The first-order valence-corrected chi connectivity index (χ1v) is 30.1. The van der Waals surface area contributed by atoms with Crippen LogP contribution in [0.5, 0.6) is 0 Å². The minimum absolute atomic E-state index is 0.00978. The molecule has 0 saturated heterocycles. The van der Waals surface area contributed by atoms with Gasteiger partial charge in [-0.05, 0) is 83.5 Å². The molecule has 0 aliphatic carbocycles. The van der Waals surface area contributed by atoms with Crippen molar-refractivity contribution in [2.24, 2.45) is 0 Å². The number of rotatable bonds is 51. The molecule has 2 N–H and O–H groups in total. The summed E-state index contributed by atoms with van der Waals surface area (Å²) in [4.78, 5) is 25.5. The van der Waals surface area contributed by atoms with Crippen LogP contribution in [0, 0.1) is 0 Å². The fourth-order valence-electron chi connectivity index (χ4n) is 7.82. The first kappa shape index (κ1) is 67.4. The number of likely N-dealkylation sites (N-methyl/N-ethyl adjacent to an activating group) is 1. The molecule has 8 nitrogen and oxygen atoms in total. The molecule has 0 aromatic carbocycles. The number of allylic oxidation sites excluding steroid dienone is 15. The zero-order valence-electron chi connectivity index (χ0n) is 45.9. The van der Waals surface area contributed by atoms with Gasteiger partial charge in [-0.1, -0.05) is 239 Å². The van der Waals surface area contributed by atoms with Gasteiger partial charge in [0.25, 0.3) is 7.82 Å². The average molecular weight is 998 g/mol. The molecule has 0 spiro atoms. The number of amides is 1. The van der Waals surface area contributed by atoms with Crippen molar-refractivity contribution in [3.63, 3.8) is 0 Å². The smallest absolute Gasteiger partial charge is 0.268 e. The number of nitrogens with zero attached hydrogens (tertiary/aromatic N) is 1. The average Bonchev–Trinajstić information content (AvgIpc) is 3.32. The quantitative estimate of drug-likeness (QED) is 0.0272. The Kier molecular flexibility index (Phi) is 49.4. The third-order valence-corrected chi connectivity index (χ3v) is 13.2. The first-order valence-electron chi connectivity index (χ1n) is 28.6. The van der Waals surface area contributed by atoms with Gasteiger partial charge in [0.05, 0.1) is 39.9 Å². The minimum atomic E-state index is -4.61. The molecule has 0 aromatic heterocycles. The second kappa shape index (κ2) is 51.3. The lowest BCUT2D eigenvalue weighted by Gasteiger charge is -2.29. The van der Waals surface area contributed by atoms with Crippen LogP contribution < -0.4 is 10.2 Å². The summed E-state index contributed by atoms with van der Waals surface area (Å²) in [6.07, 6.45) is 73.4. The van der Waals surface area contributed by atoms with E-state index >= 15 is 0 Å². The number of unbranched alkanes of at least 4 members (excludes halogenated alkanes) is 24. The molecular weight excluding hydrogens is 888 g/mol. The lowest BCUT2D eigenvalue weighted by Crippen LogP contribution is -2.45. The highest BCUT2D eigenvalue weighted by atomic mass is 31.2. The van der Waals surface area contributed by atoms with Gasteiger partial charge in [0.2, 0.25) is 5.91 Å². The largest absolute Gasteiger partial charge is 0.756 e. The summed E-state index contributed by atoms with van der Waals surface area (Å²) >= 11 is 0. The standard InChI is InChI=1S/C61H109N2O6P/c1-6-8-10-12-14-16-18-20-22-23-24-25-26-27-28-29-30-31-32-33-34-35-36-37-38-39-41-43-45-47-49-51-53-55-61(65)62-59(58-69-70(66,67)68-57-56-63(3,4)5)60(64)54-52-50-48-46-44-42-40-21-19-17-15-13-11-9-7-2/h8,10,14,16,20,22,24-25,27-28,30-31,44,46,52,54,59-60,64H,6-7,9,11-13,15,17-19,21,23,26,29,32-43,45,47-51,53,55-58H2,1-5H3,(H-,62,65,66,67)/b10-8-,16-14-,22-20-,25-24-,28-27-,31-30-,46-44+,54-52+. The molecule has 0 rings (SSSR count). The number of hydrogen-bond donors (Lipinski definition) is 2. The van der Waals surface area contributed by atoms with Gasteiger partial charge in [-0.2, -0.15) is 0 Å². The molecule has 3 unspecified atom stereocenters. The Morgan fingerprint density at radius 1 is 0.514 bits per heavy atom. The highest BCUT2D eigenvalue weighted by molar-refractivity contribution is 7.45. The van der Waals surface area contributed by atoms with E-state index in [4.69, 9.17) is 9.05 Å². The van der Waals surface area contributed by atoms with Crippen molar-refractivity contribution in [1.82, 2.24) is 5.32 Å². The van der Waals surface area contributed by atoms with Crippen LogP contribution in [0.25, 0.3) is 0 Å². The molecule has 0 bridgehead atoms. The van der Waals surface area contributed by atoms with Crippen molar-refractivity contribution in [3.05, 3.63) is 97.2 Å². The van der Waals surface area contributed by atoms with E-state index in [2.05, 4.69) is 104 Å². The monoisotopic (exact) mass is 997 g/mol. The van der Waals surface area contributed by atoms with Crippen molar-refractivity contribution < 1.29 is 32.9 Å². The van der Waals surface area contributed by atoms with Crippen molar-refractivity contribution >= 4 is 13.7 Å². The zero-order valence-corrected chi connectivity index (χ0v) is 46.8. The van der Waals surface area contributed by atoms with Gasteiger partial charge < -0.3 is 28.8 Å². The van der Waals surface area contributed by atoms with E-state index in [0.717, 1.165) is 77.0 Å². The Bertz CT molecular complexity index is 1460. The maximum atomic E-state index is 12.9. The fraction of sp³-hybridized carbons (Fsp3) is 0.721. The van der Waals surface area contributed by atoms with E-state index in [1.54, 1.807) is 6.08 Å². The topological polar surface area (TPSA) is 108 Å². The van der Waals surface area contributed by atoms with Gasteiger partial charge in [-0.25, -0.2) is 0 Å². The number of aliphatic hydroxyl groups excluding tert-OH is 1. The van der Waals surface area contributed by atoms with Crippen molar-refractivity contribution in [1.29, 1.82) is 0 Å². The fourth-order valence-corrected chi connectivity index (χ4v) is 8.54. The van der Waals surface area contributed by atoms with Crippen LogP contribution in [-0.4, -0.2) is 68.5 Å². The lowest BCUT2D eigenvalue weighted by atomic mass is 10.0. The lowest BCUT2D eigenvalue weighted by molar-refractivity contribution is -0.870. The molecule has 0 aliphatic heterocycles. The molecule has 3 atom stereocenters. The predicted octanol–water partition coefficient (Wildman–Crippen LogP) is 16.8. The van der Waals surface area contributed by atoms with E-state index in [-0.39, 0.29) is 12.5 Å². The number of carbonyl (C=O) groups excluding carboxylic acids is 1. The van der Waals surface area contributed by atoms with Crippen LogP contribution in [0.3, 0.4) is 0 Å². The minimum Gasteiger partial charge on any atom is -0.756 e. The van der Waals surface area contributed by atoms with Gasteiger partial charge in [0.1, 0.15) is 13.2 Å². The van der Waals surface area contributed by atoms with Crippen LogP contribution in [0.1, 0.15) is 232 Å². The molecule has 1 amide bonds. The summed E-state index contributed by atoms with van der Waals surface area (Å²) in [7, 11) is 1.24. The Hall–Kier alpha value is -2.58. The third kappa shape index (κ3) is 53.2. The SMILES string of the molecule is CC/C=C\C/C=C\C/C=C\C/C=C\C/C=C\C/C=C\CCCCCCCCCCCCCCCCC(=O)NC(COP(=O)([O-])OCC[N+](C)(C)C)C(O)/C=C/CC/C=C/CCCCCCCCCCC. The summed E-state index contributed by atoms with van der Waals surface area (Å²) in [5, 5.41) is 13.8. The Morgan fingerprint density at radius 2 is 0.886 bits per heavy atom. The first-order chi connectivity index (χ1) is 34.0. The molecule has 0 saturated carbocycles. The molecule has 9 heteroatoms. The van der Waals surface area contributed by atoms with E-state index in [1.807, 2.05) is 27.2 Å². The maximum absolute atomic E-state index is 12.9. The Morgan fingerprint density at radius 3 is 1.33 bits per heavy atom. The van der Waals surface area contributed by atoms with Gasteiger partial charge in [0.15, 0.2) is 0 Å². The number of aliphatic hydroxyl groups is 1. The zero-order chi connectivity index (χ0) is 51.3. The van der Waals surface area contributed by atoms with Crippen LogP contribution in [-0.2, 0) is 18.4 Å². The molecule has 0 heterocycles. The van der Waals surface area contributed by atoms with E-state index in [9.17, 15) is 19.4 Å². The summed E-state index contributed by atoms with van der Waals surface area (Å²) in [6, 6.07) is -0.908. The second-order valence-corrected chi connectivity index (χ2v) is 21.7. The number of hydrogen-bond acceptors (Lipinski definition) is 6.